The summed E-state index contributed by atoms with van der Waals surface area (Å²) in [7, 11) is 0. The van der Waals surface area contributed by atoms with Gasteiger partial charge in [0.1, 0.15) is 5.82 Å². The van der Waals surface area contributed by atoms with E-state index in [4.69, 9.17) is 4.98 Å². The first-order chi connectivity index (χ1) is 11.8. The summed E-state index contributed by atoms with van der Waals surface area (Å²) in [5.41, 5.74) is 5.36. The smallest absolute Gasteiger partial charge is 0.121 e. The Labute approximate surface area is 142 Å². The molecule has 3 nitrogen and oxygen atoms in total. The Kier molecular flexibility index (Phi) is 3.41. The summed E-state index contributed by atoms with van der Waals surface area (Å²) >= 11 is 0. The van der Waals surface area contributed by atoms with E-state index in [2.05, 4.69) is 58.4 Å². The van der Waals surface area contributed by atoms with E-state index >= 15 is 0 Å². The van der Waals surface area contributed by atoms with Crippen molar-refractivity contribution in [1.29, 1.82) is 0 Å². The van der Waals surface area contributed by atoms with E-state index in [1.165, 1.54) is 32.2 Å². The van der Waals surface area contributed by atoms with Crippen molar-refractivity contribution in [3.63, 3.8) is 0 Å². The molecule has 1 N–H and O–H groups in total. The van der Waals surface area contributed by atoms with Crippen LogP contribution >= 0.6 is 0 Å². The molecule has 0 spiro atoms. The van der Waals surface area contributed by atoms with Gasteiger partial charge in [0, 0.05) is 12.6 Å². The Bertz CT molecular complexity index is 833. The number of hydrogen-bond acceptors (Lipinski definition) is 2. The van der Waals surface area contributed by atoms with Gasteiger partial charge in [-0.05, 0) is 54.9 Å². The van der Waals surface area contributed by atoms with Crippen molar-refractivity contribution in [2.45, 2.75) is 38.3 Å². The molecule has 3 heterocycles. The second-order valence-electron chi connectivity index (χ2n) is 7.40. The van der Waals surface area contributed by atoms with Crippen LogP contribution in [0.4, 0.5) is 0 Å². The lowest BCUT2D eigenvalue weighted by Crippen LogP contribution is -2.46. The minimum Gasteiger partial charge on any atom is -0.341 e. The van der Waals surface area contributed by atoms with E-state index < -0.39 is 0 Å². The van der Waals surface area contributed by atoms with Gasteiger partial charge in [0.2, 0.25) is 0 Å². The second-order valence-corrected chi connectivity index (χ2v) is 7.40. The van der Waals surface area contributed by atoms with E-state index in [9.17, 15) is 0 Å². The number of H-pyrrole nitrogens is 1. The zero-order valence-corrected chi connectivity index (χ0v) is 13.9. The van der Waals surface area contributed by atoms with Crippen molar-refractivity contribution in [2.75, 3.05) is 6.54 Å². The van der Waals surface area contributed by atoms with E-state index in [1.54, 1.807) is 11.1 Å². The molecule has 3 aliphatic rings. The Hall–Kier alpha value is -2.13. The third-order valence-corrected chi connectivity index (χ3v) is 5.79. The van der Waals surface area contributed by atoms with Crippen LogP contribution in [0.25, 0.3) is 11.0 Å². The van der Waals surface area contributed by atoms with E-state index in [0.29, 0.717) is 6.04 Å². The first-order valence-electron chi connectivity index (χ1n) is 9.09. The fourth-order valence-electron chi connectivity index (χ4n) is 4.57. The van der Waals surface area contributed by atoms with Gasteiger partial charge in [0.25, 0.3) is 0 Å². The number of piperidine rings is 1. The average Bonchev–Trinajstić information content (AvgIpc) is 2.98. The summed E-state index contributed by atoms with van der Waals surface area (Å²) in [5.74, 6) is 1.89. The number of hydrogen-bond donors (Lipinski definition) is 1. The number of rotatable bonds is 2. The van der Waals surface area contributed by atoms with Crippen LogP contribution in [0.2, 0.25) is 0 Å². The van der Waals surface area contributed by atoms with Crippen LogP contribution in [0, 0.1) is 5.92 Å². The van der Waals surface area contributed by atoms with Crippen LogP contribution in [-0.4, -0.2) is 27.5 Å². The number of aromatic nitrogens is 2. The number of para-hydroxylation sites is 2. The molecule has 2 atom stereocenters. The highest BCUT2D eigenvalue weighted by Gasteiger charge is 2.32. The number of nitrogens with zero attached hydrogens (tertiary/aromatic N) is 2. The number of fused-ring (bicyclic) bond motifs is 3. The Morgan fingerprint density at radius 1 is 0.958 bits per heavy atom. The third-order valence-electron chi connectivity index (χ3n) is 5.79. The molecule has 2 aliphatic heterocycles. The van der Waals surface area contributed by atoms with Crippen molar-refractivity contribution in [1.82, 2.24) is 14.9 Å². The van der Waals surface area contributed by atoms with E-state index in [1.807, 2.05) is 0 Å². The molecule has 0 unspecified atom stereocenters. The largest absolute Gasteiger partial charge is 0.341 e. The van der Waals surface area contributed by atoms with Crippen molar-refractivity contribution in [2.24, 2.45) is 5.92 Å². The molecule has 1 fully saturated rings. The van der Waals surface area contributed by atoms with Crippen molar-refractivity contribution < 1.29 is 0 Å². The molecule has 0 amide bonds. The maximum Gasteiger partial charge on any atom is 0.121 e. The molecule has 2 aromatic carbocycles. The summed E-state index contributed by atoms with van der Waals surface area (Å²) in [6.45, 7) is 2.15. The highest BCUT2D eigenvalue weighted by atomic mass is 15.2. The summed E-state index contributed by atoms with van der Waals surface area (Å²) in [5, 5.41) is 0. The molecule has 6 rings (SSSR count). The molecule has 3 aromatic rings. The minimum absolute atomic E-state index is 0.649. The van der Waals surface area contributed by atoms with Gasteiger partial charge < -0.3 is 4.98 Å². The van der Waals surface area contributed by atoms with Gasteiger partial charge in [-0.25, -0.2) is 4.98 Å². The normalized spacial score (nSPS) is 23.8. The second kappa shape index (κ2) is 5.75. The van der Waals surface area contributed by atoms with Gasteiger partial charge >= 0.3 is 0 Å². The molecular formula is C21H23N3. The Morgan fingerprint density at radius 3 is 2.62 bits per heavy atom. The van der Waals surface area contributed by atoms with Crippen LogP contribution in [0.5, 0.6) is 0 Å². The Morgan fingerprint density at radius 2 is 1.75 bits per heavy atom. The first-order valence-corrected chi connectivity index (χ1v) is 9.09. The lowest BCUT2D eigenvalue weighted by Gasteiger charge is -2.42. The molecule has 122 valence electrons. The summed E-state index contributed by atoms with van der Waals surface area (Å²) in [6.07, 6.45) is 5.11. The van der Waals surface area contributed by atoms with Crippen LogP contribution in [0.1, 0.15) is 29.8 Å². The van der Waals surface area contributed by atoms with Gasteiger partial charge in [-0.3, -0.25) is 4.90 Å². The maximum absolute atomic E-state index is 4.79. The quantitative estimate of drug-likeness (QED) is 0.776. The molecule has 3 heteroatoms. The highest BCUT2D eigenvalue weighted by molar-refractivity contribution is 5.74. The molecule has 1 aromatic heterocycles. The van der Waals surface area contributed by atoms with Gasteiger partial charge in [-0.2, -0.15) is 0 Å². The van der Waals surface area contributed by atoms with Crippen molar-refractivity contribution in [3.8, 4) is 0 Å². The molecule has 1 saturated heterocycles. The molecule has 0 saturated carbocycles. The van der Waals surface area contributed by atoms with Crippen molar-refractivity contribution in [3.05, 3.63) is 65.5 Å². The van der Waals surface area contributed by atoms with Crippen LogP contribution in [0.15, 0.2) is 48.5 Å². The van der Waals surface area contributed by atoms with Crippen LogP contribution in [-0.2, 0) is 19.4 Å². The van der Waals surface area contributed by atoms with Crippen molar-refractivity contribution >= 4 is 11.0 Å². The number of aromatic amines is 1. The van der Waals surface area contributed by atoms with Gasteiger partial charge in [-0.15, -0.1) is 0 Å². The van der Waals surface area contributed by atoms with Crippen LogP contribution in [0.3, 0.4) is 0 Å². The monoisotopic (exact) mass is 317 g/mol. The highest BCUT2D eigenvalue weighted by Crippen LogP contribution is 2.32. The molecule has 2 bridgehead atoms. The molecule has 24 heavy (non-hydrogen) atoms. The van der Waals surface area contributed by atoms with Gasteiger partial charge in [0.05, 0.1) is 17.6 Å². The van der Waals surface area contributed by atoms with Gasteiger partial charge in [0.15, 0.2) is 0 Å². The summed E-state index contributed by atoms with van der Waals surface area (Å²) in [6, 6.07) is 18.0. The lowest BCUT2D eigenvalue weighted by molar-refractivity contribution is 0.0915. The number of nitrogens with one attached hydrogen (secondary N) is 1. The predicted molar refractivity (Wildman–Crippen MR) is 96.9 cm³/mol. The number of imidazole rings is 1. The zero-order valence-electron chi connectivity index (χ0n) is 13.9. The minimum atomic E-state index is 0.649. The summed E-state index contributed by atoms with van der Waals surface area (Å²) < 4.78 is 0. The summed E-state index contributed by atoms with van der Waals surface area (Å²) in [4.78, 5) is 11.0. The van der Waals surface area contributed by atoms with E-state index in [-0.39, 0.29) is 0 Å². The topological polar surface area (TPSA) is 31.9 Å². The fourth-order valence-corrected chi connectivity index (χ4v) is 4.57. The molecule has 0 radical (unpaired) electrons. The standard InChI is InChI=1S/C21H23N3/c1-2-6-17-12-18-10-9-15(11-16(17)5-1)13-24(18)14-21-22-19-7-3-4-8-20(19)23-21/h1-8,15,18H,9-14H2,(H,22,23)/t15-,18-/m1/s1. The number of benzene rings is 2. The molecule has 1 aliphatic carbocycles. The third kappa shape index (κ3) is 2.53. The predicted octanol–water partition coefficient (Wildman–Crippen LogP) is 3.94. The first kappa shape index (κ1) is 14.2. The lowest BCUT2D eigenvalue weighted by atomic mass is 9.80. The maximum atomic E-state index is 4.79. The van der Waals surface area contributed by atoms with E-state index in [0.717, 1.165) is 29.3 Å². The Balaban J connectivity index is 1.43. The fraction of sp³-hybridized carbons (Fsp3) is 0.381. The molecular weight excluding hydrogens is 294 g/mol. The average molecular weight is 317 g/mol. The van der Waals surface area contributed by atoms with Crippen LogP contribution < -0.4 is 0 Å². The zero-order chi connectivity index (χ0) is 15.9. The SMILES string of the molecule is c1ccc2c(c1)C[C@H]1CC[C@H](C2)N(Cc2nc3ccccc3[nH]2)C1. The van der Waals surface area contributed by atoms with Gasteiger partial charge in [-0.1, -0.05) is 36.4 Å².